The van der Waals surface area contributed by atoms with Gasteiger partial charge in [0.25, 0.3) is 0 Å². The summed E-state index contributed by atoms with van der Waals surface area (Å²) in [5.41, 5.74) is 1.44. The number of ether oxygens (including phenoxy) is 3. The molecule has 0 saturated carbocycles. The van der Waals surface area contributed by atoms with E-state index in [1.165, 1.54) is 0 Å². The van der Waals surface area contributed by atoms with Gasteiger partial charge >= 0.3 is 12.1 Å². The van der Waals surface area contributed by atoms with Crippen molar-refractivity contribution in [3.63, 3.8) is 0 Å². The molecule has 0 spiro atoms. The number of hydrogen-bond donors (Lipinski definition) is 2. The Morgan fingerprint density at radius 2 is 0.912 bits per heavy atom. The van der Waals surface area contributed by atoms with Gasteiger partial charge in [-0.25, -0.2) is 14.5 Å². The minimum atomic E-state index is -0.614. The number of carbonyl (C=O) groups is 2. The third-order valence-corrected chi connectivity index (χ3v) is 4.65. The Labute approximate surface area is 199 Å². The summed E-state index contributed by atoms with van der Waals surface area (Å²) >= 11 is 0. The lowest BCUT2D eigenvalue weighted by atomic mass is 10.2. The smallest absolute Gasteiger partial charge is 0.334 e. The molecule has 0 unspecified atom stereocenters. The predicted molar refractivity (Wildman–Crippen MR) is 133 cm³/mol. The monoisotopic (exact) mass is 463 g/mol. The van der Waals surface area contributed by atoms with Gasteiger partial charge in [0.05, 0.1) is 25.5 Å². The molecule has 0 aliphatic carbocycles. The zero-order valence-corrected chi connectivity index (χ0v) is 19.5. The highest BCUT2D eigenvalue weighted by Crippen LogP contribution is 2.23. The largest absolute Gasteiger partial charge is 0.494 e. The third-order valence-electron chi connectivity index (χ3n) is 4.65. The van der Waals surface area contributed by atoms with E-state index in [9.17, 15) is 9.59 Å². The fourth-order valence-electron chi connectivity index (χ4n) is 3.15. The number of nitrogens with zero attached hydrogens (tertiary/aromatic N) is 1. The van der Waals surface area contributed by atoms with Crippen LogP contribution < -0.4 is 29.7 Å². The molecule has 8 heteroatoms. The van der Waals surface area contributed by atoms with E-state index < -0.39 is 12.1 Å². The first-order valence-electron chi connectivity index (χ1n) is 11.1. The van der Waals surface area contributed by atoms with Crippen LogP contribution in [0.15, 0.2) is 72.8 Å². The van der Waals surface area contributed by atoms with Crippen LogP contribution in [-0.2, 0) is 0 Å². The summed E-state index contributed by atoms with van der Waals surface area (Å²) in [6, 6.07) is 19.3. The van der Waals surface area contributed by atoms with Crippen molar-refractivity contribution in [3.05, 3.63) is 72.8 Å². The highest BCUT2D eigenvalue weighted by atomic mass is 16.5. The summed E-state index contributed by atoms with van der Waals surface area (Å²) in [7, 11) is 0. The maximum atomic E-state index is 13.2. The van der Waals surface area contributed by atoms with Crippen molar-refractivity contribution in [1.82, 2.24) is 0 Å². The molecule has 3 rings (SSSR count). The van der Waals surface area contributed by atoms with Gasteiger partial charge in [-0.2, -0.15) is 0 Å². The van der Waals surface area contributed by atoms with Crippen LogP contribution in [0.5, 0.6) is 17.2 Å². The minimum Gasteiger partial charge on any atom is -0.494 e. The van der Waals surface area contributed by atoms with Crippen LogP contribution in [0.4, 0.5) is 26.7 Å². The number of hydrogen-bond acceptors (Lipinski definition) is 5. The SMILES string of the molecule is CCOc1ccc(NC(=O)N(C(=O)Nc2ccc(OCC)cc2)c2ccc(OCC)cc2)cc1. The second kappa shape index (κ2) is 12.2. The number of nitrogens with one attached hydrogen (secondary N) is 2. The molecule has 0 atom stereocenters. The van der Waals surface area contributed by atoms with Crippen LogP contribution in [0.3, 0.4) is 0 Å². The fraction of sp³-hybridized carbons (Fsp3) is 0.231. The molecule has 4 amide bonds. The molecule has 0 saturated heterocycles. The average molecular weight is 464 g/mol. The Balaban J connectivity index is 1.81. The summed E-state index contributed by atoms with van der Waals surface area (Å²) in [6.45, 7) is 7.28. The third kappa shape index (κ3) is 6.65. The Kier molecular flexibility index (Phi) is 8.73. The lowest BCUT2D eigenvalue weighted by molar-refractivity contribution is 0.246. The molecule has 0 aliphatic rings. The van der Waals surface area contributed by atoms with Crippen molar-refractivity contribution >= 4 is 29.1 Å². The van der Waals surface area contributed by atoms with Gasteiger partial charge in [-0.3, -0.25) is 0 Å². The van der Waals surface area contributed by atoms with E-state index in [-0.39, 0.29) is 0 Å². The van der Waals surface area contributed by atoms with Gasteiger partial charge in [0.1, 0.15) is 17.2 Å². The van der Waals surface area contributed by atoms with Gasteiger partial charge in [-0.15, -0.1) is 0 Å². The first kappa shape index (κ1) is 24.4. The van der Waals surface area contributed by atoms with E-state index in [1.54, 1.807) is 72.8 Å². The standard InChI is InChI=1S/C26H29N3O5/c1-4-32-22-13-7-19(8-14-22)27-25(30)29(21-11-17-24(18-12-21)34-6-3)26(31)28-20-9-15-23(16-10-20)33-5-2/h7-18H,4-6H2,1-3H3,(H,27,30)(H,28,31). The maximum absolute atomic E-state index is 13.2. The molecule has 178 valence electrons. The summed E-state index contributed by atoms with van der Waals surface area (Å²) in [5, 5.41) is 5.52. The summed E-state index contributed by atoms with van der Waals surface area (Å²) in [5.74, 6) is 2.03. The van der Waals surface area contributed by atoms with E-state index in [1.807, 2.05) is 20.8 Å². The van der Waals surface area contributed by atoms with Crippen molar-refractivity contribution in [1.29, 1.82) is 0 Å². The number of rotatable bonds is 9. The van der Waals surface area contributed by atoms with E-state index in [2.05, 4.69) is 10.6 Å². The van der Waals surface area contributed by atoms with E-state index >= 15 is 0 Å². The van der Waals surface area contributed by atoms with Crippen LogP contribution in [0.1, 0.15) is 20.8 Å². The van der Waals surface area contributed by atoms with E-state index in [0.717, 1.165) is 4.90 Å². The average Bonchev–Trinajstić information content (AvgIpc) is 2.83. The predicted octanol–water partition coefficient (Wildman–Crippen LogP) is 6.15. The molecule has 2 N–H and O–H groups in total. The van der Waals surface area contributed by atoms with Crippen molar-refractivity contribution in [2.24, 2.45) is 0 Å². The molecule has 34 heavy (non-hydrogen) atoms. The number of imide groups is 1. The zero-order chi connectivity index (χ0) is 24.3. The van der Waals surface area contributed by atoms with Crippen molar-refractivity contribution in [2.45, 2.75) is 20.8 Å². The van der Waals surface area contributed by atoms with Gasteiger partial charge in [-0.05, 0) is 93.6 Å². The molecule has 0 bridgehead atoms. The second-order valence-corrected chi connectivity index (χ2v) is 7.04. The normalized spacial score (nSPS) is 10.2. The Morgan fingerprint density at radius 1 is 0.588 bits per heavy atom. The van der Waals surface area contributed by atoms with Gasteiger partial charge in [-0.1, -0.05) is 0 Å². The van der Waals surface area contributed by atoms with Gasteiger partial charge in [0.2, 0.25) is 0 Å². The first-order chi connectivity index (χ1) is 16.5. The molecule has 0 radical (unpaired) electrons. The molecule has 0 aliphatic heterocycles. The van der Waals surface area contributed by atoms with Crippen LogP contribution in [0.25, 0.3) is 0 Å². The Bertz CT molecular complexity index is 1000. The van der Waals surface area contributed by atoms with Gasteiger partial charge in [0.15, 0.2) is 0 Å². The second-order valence-electron chi connectivity index (χ2n) is 7.04. The fourth-order valence-corrected chi connectivity index (χ4v) is 3.15. The van der Waals surface area contributed by atoms with Crippen molar-refractivity contribution in [2.75, 3.05) is 35.4 Å². The molecule has 3 aromatic carbocycles. The summed E-state index contributed by atoms with van der Waals surface area (Å²) in [4.78, 5) is 27.4. The van der Waals surface area contributed by atoms with Crippen LogP contribution in [0, 0.1) is 0 Å². The minimum absolute atomic E-state index is 0.385. The number of anilines is 3. The van der Waals surface area contributed by atoms with Crippen molar-refractivity contribution in [3.8, 4) is 17.2 Å². The van der Waals surface area contributed by atoms with Gasteiger partial charge < -0.3 is 24.8 Å². The quantitative estimate of drug-likeness (QED) is 0.397. The molecular weight excluding hydrogens is 434 g/mol. The summed E-state index contributed by atoms with van der Waals surface area (Å²) < 4.78 is 16.3. The molecule has 0 heterocycles. The number of urea groups is 2. The van der Waals surface area contributed by atoms with E-state index in [4.69, 9.17) is 14.2 Å². The highest BCUT2D eigenvalue weighted by Gasteiger charge is 2.24. The van der Waals surface area contributed by atoms with Gasteiger partial charge in [0, 0.05) is 11.4 Å². The van der Waals surface area contributed by atoms with Crippen molar-refractivity contribution < 1.29 is 23.8 Å². The number of carbonyl (C=O) groups excluding carboxylic acids is 2. The van der Waals surface area contributed by atoms with Crippen LogP contribution >= 0.6 is 0 Å². The Hall–Kier alpha value is -4.20. The zero-order valence-electron chi connectivity index (χ0n) is 19.5. The lowest BCUT2D eigenvalue weighted by Crippen LogP contribution is -2.42. The Morgan fingerprint density at radius 3 is 1.24 bits per heavy atom. The van der Waals surface area contributed by atoms with Crippen LogP contribution in [0.2, 0.25) is 0 Å². The topological polar surface area (TPSA) is 89.1 Å². The molecule has 0 aromatic heterocycles. The van der Waals surface area contributed by atoms with E-state index in [0.29, 0.717) is 54.1 Å². The molecule has 3 aromatic rings. The first-order valence-corrected chi connectivity index (χ1v) is 11.1. The molecular formula is C26H29N3O5. The lowest BCUT2D eigenvalue weighted by Gasteiger charge is -2.22. The van der Waals surface area contributed by atoms with Crippen LogP contribution in [-0.4, -0.2) is 31.9 Å². The number of benzene rings is 3. The highest BCUT2D eigenvalue weighted by molar-refractivity contribution is 6.21. The summed E-state index contributed by atoms with van der Waals surface area (Å²) in [6.07, 6.45) is 0. The number of amides is 4. The molecule has 8 nitrogen and oxygen atoms in total. The maximum Gasteiger partial charge on any atom is 0.334 e. The molecule has 0 fully saturated rings.